The van der Waals surface area contributed by atoms with Gasteiger partial charge >= 0.3 is 11.8 Å². The van der Waals surface area contributed by atoms with Crippen molar-refractivity contribution in [3.05, 3.63) is 34.8 Å². The number of rotatable bonds is 2. The molecular weight excluding hydrogens is 238 g/mol. The maximum Gasteiger partial charge on any atom is 0.420 e. The normalized spacial score (nSPS) is 10.3. The lowest BCUT2D eigenvalue weighted by Crippen LogP contribution is -2.40. The number of hydrogen-bond acceptors (Lipinski definition) is 4. The Bertz CT molecular complexity index is 656. The highest BCUT2D eigenvalue weighted by Gasteiger charge is 2.13. The lowest BCUT2D eigenvalue weighted by Gasteiger charge is -2.03. The van der Waals surface area contributed by atoms with Gasteiger partial charge in [-0.1, -0.05) is 12.1 Å². The van der Waals surface area contributed by atoms with Crippen LogP contribution < -0.4 is 16.4 Å². The van der Waals surface area contributed by atoms with Gasteiger partial charge in [0, 0.05) is 7.05 Å². The molecule has 7 heteroatoms. The SMILES string of the molecule is CNC(=O)NC(=O)Cn1c(=O)oc2ccccc21. The number of carbonyl (C=O) groups is 2. The number of nitrogens with zero attached hydrogens (tertiary/aromatic N) is 1. The smallest absolute Gasteiger partial charge is 0.408 e. The Morgan fingerprint density at radius 1 is 1.33 bits per heavy atom. The molecule has 0 atom stereocenters. The topological polar surface area (TPSA) is 93.3 Å². The average molecular weight is 249 g/mol. The van der Waals surface area contributed by atoms with Gasteiger partial charge in [-0.15, -0.1) is 0 Å². The molecule has 1 aromatic carbocycles. The molecule has 0 bridgehead atoms. The molecule has 0 saturated heterocycles. The first kappa shape index (κ1) is 11.9. The van der Waals surface area contributed by atoms with Crippen molar-refractivity contribution in [1.29, 1.82) is 0 Å². The Hall–Kier alpha value is -2.57. The lowest BCUT2D eigenvalue weighted by molar-refractivity contribution is -0.120. The van der Waals surface area contributed by atoms with Gasteiger partial charge in [-0.25, -0.2) is 9.59 Å². The third-order valence-electron chi connectivity index (χ3n) is 2.36. The number of nitrogens with one attached hydrogen (secondary N) is 2. The molecule has 0 aliphatic heterocycles. The molecule has 1 heterocycles. The number of imide groups is 1. The molecule has 7 nitrogen and oxygen atoms in total. The van der Waals surface area contributed by atoms with E-state index in [0.29, 0.717) is 11.1 Å². The van der Waals surface area contributed by atoms with Crippen LogP contribution in [0.2, 0.25) is 0 Å². The van der Waals surface area contributed by atoms with E-state index in [2.05, 4.69) is 10.6 Å². The van der Waals surface area contributed by atoms with Crippen LogP contribution in [0.3, 0.4) is 0 Å². The van der Waals surface area contributed by atoms with E-state index >= 15 is 0 Å². The number of oxazole rings is 1. The molecule has 0 fully saturated rings. The van der Waals surface area contributed by atoms with E-state index in [1.54, 1.807) is 24.3 Å². The van der Waals surface area contributed by atoms with E-state index in [1.165, 1.54) is 7.05 Å². The van der Waals surface area contributed by atoms with Crippen molar-refractivity contribution in [3.63, 3.8) is 0 Å². The van der Waals surface area contributed by atoms with Gasteiger partial charge in [0.05, 0.1) is 5.52 Å². The van der Waals surface area contributed by atoms with Crippen LogP contribution in [0.4, 0.5) is 4.79 Å². The molecule has 2 N–H and O–H groups in total. The zero-order valence-corrected chi connectivity index (χ0v) is 9.60. The van der Waals surface area contributed by atoms with Crippen LogP contribution in [0.5, 0.6) is 0 Å². The Morgan fingerprint density at radius 3 is 2.78 bits per heavy atom. The first-order valence-corrected chi connectivity index (χ1v) is 5.21. The van der Waals surface area contributed by atoms with Crippen LogP contribution in [-0.4, -0.2) is 23.6 Å². The van der Waals surface area contributed by atoms with Crippen LogP contribution in [0.15, 0.2) is 33.5 Å². The molecule has 0 aliphatic carbocycles. The van der Waals surface area contributed by atoms with Gasteiger partial charge in [-0.2, -0.15) is 0 Å². The van der Waals surface area contributed by atoms with Crippen LogP contribution in [0, 0.1) is 0 Å². The fourth-order valence-electron chi connectivity index (χ4n) is 1.54. The Labute approximate surface area is 101 Å². The first-order valence-electron chi connectivity index (χ1n) is 5.21. The van der Waals surface area contributed by atoms with Gasteiger partial charge in [0.25, 0.3) is 0 Å². The number of amides is 3. The van der Waals surface area contributed by atoms with Crippen LogP contribution in [0.25, 0.3) is 11.1 Å². The number of para-hydroxylation sites is 2. The zero-order valence-electron chi connectivity index (χ0n) is 9.60. The highest BCUT2D eigenvalue weighted by Crippen LogP contribution is 2.11. The monoisotopic (exact) mass is 249 g/mol. The summed E-state index contributed by atoms with van der Waals surface area (Å²) in [6.45, 7) is -0.275. The Balaban J connectivity index is 2.26. The molecular formula is C11H11N3O4. The summed E-state index contributed by atoms with van der Waals surface area (Å²) in [5.41, 5.74) is 0.907. The molecule has 0 saturated carbocycles. The summed E-state index contributed by atoms with van der Waals surface area (Å²) in [5.74, 6) is -1.23. The zero-order chi connectivity index (χ0) is 13.1. The first-order chi connectivity index (χ1) is 8.61. The highest BCUT2D eigenvalue weighted by molar-refractivity contribution is 5.94. The van der Waals surface area contributed by atoms with E-state index in [0.717, 1.165) is 4.57 Å². The van der Waals surface area contributed by atoms with Crippen molar-refractivity contribution < 1.29 is 14.0 Å². The molecule has 18 heavy (non-hydrogen) atoms. The number of fused-ring (bicyclic) bond motifs is 1. The minimum atomic E-state index is -0.636. The van der Waals surface area contributed by atoms with E-state index in [1.807, 2.05) is 0 Å². The van der Waals surface area contributed by atoms with Crippen molar-refractivity contribution in [1.82, 2.24) is 15.2 Å². The molecule has 0 aliphatic rings. The van der Waals surface area contributed by atoms with Gasteiger partial charge in [0.2, 0.25) is 5.91 Å². The second-order valence-corrected chi connectivity index (χ2v) is 3.55. The summed E-state index contributed by atoms with van der Waals surface area (Å²) in [6.07, 6.45) is 0. The van der Waals surface area contributed by atoms with Crippen molar-refractivity contribution in [2.45, 2.75) is 6.54 Å². The van der Waals surface area contributed by atoms with Gasteiger partial charge in [-0.05, 0) is 12.1 Å². The van der Waals surface area contributed by atoms with E-state index in [4.69, 9.17) is 4.42 Å². The van der Waals surface area contributed by atoms with Gasteiger partial charge in [-0.3, -0.25) is 14.7 Å². The molecule has 94 valence electrons. The van der Waals surface area contributed by atoms with Gasteiger partial charge in [0.15, 0.2) is 5.58 Å². The third-order valence-corrected chi connectivity index (χ3v) is 2.36. The number of hydrogen-bond donors (Lipinski definition) is 2. The number of carbonyl (C=O) groups excluding carboxylic acids is 2. The largest absolute Gasteiger partial charge is 0.420 e. The molecule has 0 unspecified atom stereocenters. The molecule has 1 aromatic heterocycles. The Kier molecular flexibility index (Phi) is 3.13. The number of benzene rings is 1. The highest BCUT2D eigenvalue weighted by atomic mass is 16.4. The number of aromatic nitrogens is 1. The van der Waals surface area contributed by atoms with Crippen molar-refractivity contribution in [2.75, 3.05) is 7.05 Å². The Morgan fingerprint density at radius 2 is 2.06 bits per heavy atom. The summed E-state index contributed by atoms with van der Waals surface area (Å²) in [4.78, 5) is 34.0. The molecule has 3 amide bonds. The third kappa shape index (κ3) is 2.24. The summed E-state index contributed by atoms with van der Waals surface area (Å²) in [6, 6.07) is 6.11. The molecule has 2 aromatic rings. The van der Waals surface area contributed by atoms with Gasteiger partial charge in [0.1, 0.15) is 6.54 Å². The second-order valence-electron chi connectivity index (χ2n) is 3.55. The predicted molar refractivity (Wildman–Crippen MR) is 63.1 cm³/mol. The fraction of sp³-hybridized carbons (Fsp3) is 0.182. The summed E-state index contributed by atoms with van der Waals surface area (Å²) in [5, 5.41) is 4.31. The minimum Gasteiger partial charge on any atom is -0.408 e. The minimum absolute atomic E-state index is 0.275. The summed E-state index contributed by atoms with van der Waals surface area (Å²) >= 11 is 0. The van der Waals surface area contributed by atoms with Crippen molar-refractivity contribution >= 4 is 23.0 Å². The quantitative estimate of drug-likeness (QED) is 0.786. The molecule has 2 rings (SSSR count). The summed E-state index contributed by atoms with van der Waals surface area (Å²) in [7, 11) is 1.39. The maximum atomic E-state index is 11.5. The fourth-order valence-corrected chi connectivity index (χ4v) is 1.54. The lowest BCUT2D eigenvalue weighted by atomic mass is 10.3. The average Bonchev–Trinajstić information content (AvgIpc) is 2.66. The number of urea groups is 1. The molecule has 0 radical (unpaired) electrons. The second kappa shape index (κ2) is 4.74. The van der Waals surface area contributed by atoms with Crippen LogP contribution in [0.1, 0.15) is 0 Å². The standard InChI is InChI=1S/C11H11N3O4/c1-12-10(16)13-9(15)6-14-7-4-2-3-5-8(7)18-11(14)17/h2-5H,6H2,1H3,(H2,12,13,15,16). The van der Waals surface area contributed by atoms with Crippen LogP contribution >= 0.6 is 0 Å². The van der Waals surface area contributed by atoms with E-state index < -0.39 is 17.7 Å². The maximum absolute atomic E-state index is 11.5. The molecule has 0 spiro atoms. The van der Waals surface area contributed by atoms with Crippen LogP contribution in [-0.2, 0) is 11.3 Å². The summed E-state index contributed by atoms with van der Waals surface area (Å²) < 4.78 is 6.12. The van der Waals surface area contributed by atoms with Crippen molar-refractivity contribution in [3.8, 4) is 0 Å². The van der Waals surface area contributed by atoms with Crippen molar-refractivity contribution in [2.24, 2.45) is 0 Å². The van der Waals surface area contributed by atoms with Gasteiger partial charge < -0.3 is 9.73 Å². The van der Waals surface area contributed by atoms with E-state index in [9.17, 15) is 14.4 Å². The predicted octanol–water partition coefficient (Wildman–Crippen LogP) is 0.0501. The van der Waals surface area contributed by atoms with E-state index in [-0.39, 0.29) is 6.54 Å².